The van der Waals surface area contributed by atoms with E-state index in [0.29, 0.717) is 18.7 Å². The molecular weight excluding hydrogens is 272 g/mol. The average Bonchev–Trinajstić information content (AvgIpc) is 2.52. The Morgan fingerprint density at radius 3 is 2.00 bits per heavy atom. The van der Waals surface area contributed by atoms with Crippen LogP contribution >= 0.6 is 0 Å². The summed E-state index contributed by atoms with van der Waals surface area (Å²) >= 11 is 0. The molecular formula is C19H24N2O. The van der Waals surface area contributed by atoms with E-state index in [1.807, 2.05) is 12.1 Å². The largest absolute Gasteiger partial charge is 0.348 e. The Bertz CT molecular complexity index is 622. The molecule has 0 bridgehead atoms. The number of hydrogen-bond acceptors (Lipinski definition) is 2. The number of hydrogen-bond donors (Lipinski definition) is 2. The van der Waals surface area contributed by atoms with E-state index >= 15 is 0 Å². The standard InChI is InChI=1S/C19H24N2O/c1-19(2,3)17-10-6-15(7-11-17)13-21-18(22)16-8-4-14(12-20)5-9-16/h4-11H,12-13,20H2,1-3H3,(H,21,22). The van der Waals surface area contributed by atoms with Crippen LogP contribution in [0, 0.1) is 0 Å². The maximum Gasteiger partial charge on any atom is 0.251 e. The van der Waals surface area contributed by atoms with Gasteiger partial charge in [-0.3, -0.25) is 4.79 Å². The Balaban J connectivity index is 1.95. The van der Waals surface area contributed by atoms with Crippen LogP contribution in [-0.4, -0.2) is 5.91 Å². The quantitative estimate of drug-likeness (QED) is 0.909. The number of benzene rings is 2. The van der Waals surface area contributed by atoms with Gasteiger partial charge in [-0.1, -0.05) is 57.2 Å². The van der Waals surface area contributed by atoms with Crippen molar-refractivity contribution in [1.82, 2.24) is 5.32 Å². The van der Waals surface area contributed by atoms with E-state index in [1.165, 1.54) is 5.56 Å². The molecule has 0 spiro atoms. The van der Waals surface area contributed by atoms with Gasteiger partial charge >= 0.3 is 0 Å². The van der Waals surface area contributed by atoms with Crippen molar-refractivity contribution in [3.8, 4) is 0 Å². The van der Waals surface area contributed by atoms with E-state index < -0.39 is 0 Å². The lowest BCUT2D eigenvalue weighted by Crippen LogP contribution is -2.22. The molecule has 0 unspecified atom stereocenters. The molecule has 3 heteroatoms. The summed E-state index contributed by atoms with van der Waals surface area (Å²) in [6.07, 6.45) is 0. The number of carbonyl (C=O) groups excluding carboxylic acids is 1. The zero-order valence-corrected chi connectivity index (χ0v) is 13.5. The molecule has 0 atom stereocenters. The van der Waals surface area contributed by atoms with Crippen molar-refractivity contribution in [3.05, 3.63) is 70.8 Å². The van der Waals surface area contributed by atoms with Crippen molar-refractivity contribution in [2.24, 2.45) is 5.73 Å². The molecule has 22 heavy (non-hydrogen) atoms. The van der Waals surface area contributed by atoms with Crippen LogP contribution in [0.15, 0.2) is 48.5 Å². The van der Waals surface area contributed by atoms with Crippen molar-refractivity contribution in [2.45, 2.75) is 39.3 Å². The molecule has 3 N–H and O–H groups in total. The molecule has 2 rings (SSSR count). The first-order valence-electron chi connectivity index (χ1n) is 7.57. The van der Waals surface area contributed by atoms with E-state index in [9.17, 15) is 4.79 Å². The smallest absolute Gasteiger partial charge is 0.251 e. The summed E-state index contributed by atoms with van der Waals surface area (Å²) in [5, 5.41) is 2.94. The van der Waals surface area contributed by atoms with Gasteiger partial charge in [-0.05, 0) is 34.2 Å². The minimum atomic E-state index is -0.0662. The molecule has 0 aliphatic carbocycles. The first-order valence-corrected chi connectivity index (χ1v) is 7.57. The predicted octanol–water partition coefficient (Wildman–Crippen LogP) is 3.37. The first kappa shape index (κ1) is 16.2. The van der Waals surface area contributed by atoms with Crippen LogP contribution in [-0.2, 0) is 18.5 Å². The molecule has 116 valence electrons. The van der Waals surface area contributed by atoms with Crippen molar-refractivity contribution in [3.63, 3.8) is 0 Å². The number of carbonyl (C=O) groups is 1. The van der Waals surface area contributed by atoms with Crippen LogP contribution in [0.2, 0.25) is 0 Å². The number of rotatable bonds is 4. The Morgan fingerprint density at radius 2 is 1.50 bits per heavy atom. The molecule has 0 saturated carbocycles. The van der Waals surface area contributed by atoms with Gasteiger partial charge in [0, 0.05) is 18.7 Å². The Morgan fingerprint density at radius 1 is 0.955 bits per heavy atom. The molecule has 0 radical (unpaired) electrons. The van der Waals surface area contributed by atoms with Crippen molar-refractivity contribution in [2.75, 3.05) is 0 Å². The van der Waals surface area contributed by atoms with Crippen molar-refractivity contribution >= 4 is 5.91 Å². The number of nitrogens with one attached hydrogen (secondary N) is 1. The van der Waals surface area contributed by atoms with Crippen LogP contribution in [0.4, 0.5) is 0 Å². The second-order valence-corrected chi connectivity index (χ2v) is 6.53. The maximum atomic E-state index is 12.1. The van der Waals surface area contributed by atoms with E-state index in [2.05, 4.69) is 50.4 Å². The van der Waals surface area contributed by atoms with E-state index in [0.717, 1.165) is 11.1 Å². The topological polar surface area (TPSA) is 55.1 Å². The van der Waals surface area contributed by atoms with Gasteiger partial charge in [0.25, 0.3) is 5.91 Å². The van der Waals surface area contributed by atoms with Crippen LogP contribution in [0.3, 0.4) is 0 Å². The highest BCUT2D eigenvalue weighted by Gasteiger charge is 2.13. The van der Waals surface area contributed by atoms with Crippen LogP contribution in [0.5, 0.6) is 0 Å². The normalized spacial score (nSPS) is 11.3. The van der Waals surface area contributed by atoms with Gasteiger partial charge in [0.05, 0.1) is 0 Å². The fourth-order valence-electron chi connectivity index (χ4n) is 2.20. The summed E-state index contributed by atoms with van der Waals surface area (Å²) in [4.78, 5) is 12.1. The zero-order valence-electron chi connectivity index (χ0n) is 13.5. The Kier molecular flexibility index (Phi) is 4.99. The summed E-state index contributed by atoms with van der Waals surface area (Å²) in [5.41, 5.74) is 9.77. The van der Waals surface area contributed by atoms with E-state index in [-0.39, 0.29) is 11.3 Å². The predicted molar refractivity (Wildman–Crippen MR) is 90.6 cm³/mol. The van der Waals surface area contributed by atoms with Crippen LogP contribution < -0.4 is 11.1 Å². The molecule has 0 fully saturated rings. The maximum absolute atomic E-state index is 12.1. The van der Waals surface area contributed by atoms with Crippen molar-refractivity contribution < 1.29 is 4.79 Å². The van der Waals surface area contributed by atoms with E-state index in [4.69, 9.17) is 5.73 Å². The fourth-order valence-corrected chi connectivity index (χ4v) is 2.20. The van der Waals surface area contributed by atoms with Crippen LogP contribution in [0.1, 0.15) is 47.8 Å². The first-order chi connectivity index (χ1) is 10.4. The number of amides is 1. The van der Waals surface area contributed by atoms with Crippen molar-refractivity contribution in [1.29, 1.82) is 0 Å². The minimum absolute atomic E-state index is 0.0662. The van der Waals surface area contributed by atoms with Gasteiger partial charge in [-0.25, -0.2) is 0 Å². The third-order valence-electron chi connectivity index (χ3n) is 3.72. The zero-order chi connectivity index (χ0) is 16.2. The molecule has 1 amide bonds. The minimum Gasteiger partial charge on any atom is -0.348 e. The molecule has 0 aromatic heterocycles. The highest BCUT2D eigenvalue weighted by molar-refractivity contribution is 5.94. The third kappa shape index (κ3) is 4.18. The fraction of sp³-hybridized carbons (Fsp3) is 0.316. The SMILES string of the molecule is CC(C)(C)c1ccc(CNC(=O)c2ccc(CN)cc2)cc1. The lowest BCUT2D eigenvalue weighted by atomic mass is 9.87. The molecule has 0 heterocycles. The lowest BCUT2D eigenvalue weighted by molar-refractivity contribution is 0.0951. The Labute approximate surface area is 132 Å². The van der Waals surface area contributed by atoms with E-state index in [1.54, 1.807) is 12.1 Å². The second kappa shape index (κ2) is 6.75. The lowest BCUT2D eigenvalue weighted by Gasteiger charge is -2.19. The molecule has 0 aliphatic heterocycles. The molecule has 2 aromatic carbocycles. The van der Waals surface area contributed by atoms with Gasteiger partial charge in [0.15, 0.2) is 0 Å². The average molecular weight is 296 g/mol. The summed E-state index contributed by atoms with van der Waals surface area (Å²) in [6, 6.07) is 15.8. The second-order valence-electron chi connectivity index (χ2n) is 6.53. The van der Waals surface area contributed by atoms with Gasteiger partial charge in [0.1, 0.15) is 0 Å². The Hall–Kier alpha value is -2.13. The van der Waals surface area contributed by atoms with Gasteiger partial charge in [0.2, 0.25) is 0 Å². The van der Waals surface area contributed by atoms with Gasteiger partial charge < -0.3 is 11.1 Å². The third-order valence-corrected chi connectivity index (χ3v) is 3.72. The molecule has 2 aromatic rings. The summed E-state index contributed by atoms with van der Waals surface area (Å²) < 4.78 is 0. The molecule has 3 nitrogen and oxygen atoms in total. The highest BCUT2D eigenvalue weighted by atomic mass is 16.1. The highest BCUT2D eigenvalue weighted by Crippen LogP contribution is 2.22. The summed E-state index contributed by atoms with van der Waals surface area (Å²) in [6.45, 7) is 7.59. The molecule has 0 aliphatic rings. The monoisotopic (exact) mass is 296 g/mol. The molecule has 0 saturated heterocycles. The summed E-state index contributed by atoms with van der Waals surface area (Å²) in [7, 11) is 0. The van der Waals surface area contributed by atoms with Crippen LogP contribution in [0.25, 0.3) is 0 Å². The number of nitrogens with two attached hydrogens (primary N) is 1. The summed E-state index contributed by atoms with van der Waals surface area (Å²) in [5.74, 6) is -0.0662. The van der Waals surface area contributed by atoms with Gasteiger partial charge in [-0.2, -0.15) is 0 Å². The van der Waals surface area contributed by atoms with Gasteiger partial charge in [-0.15, -0.1) is 0 Å².